The van der Waals surface area contributed by atoms with Crippen molar-refractivity contribution in [2.75, 3.05) is 6.54 Å². The molecular formula is C23H18Br2ClFN2O4. The Balaban J connectivity index is 1.69. The molecule has 1 saturated carbocycles. The van der Waals surface area contributed by atoms with Gasteiger partial charge in [-0.2, -0.15) is 5.01 Å². The Morgan fingerprint density at radius 2 is 1.39 bits per heavy atom. The van der Waals surface area contributed by atoms with Crippen LogP contribution in [0, 0.1) is 17.7 Å². The van der Waals surface area contributed by atoms with Crippen LogP contribution in [0.25, 0.3) is 0 Å². The molecule has 1 heterocycles. The zero-order valence-corrected chi connectivity index (χ0v) is 21.0. The molecule has 1 aliphatic carbocycles. The summed E-state index contributed by atoms with van der Waals surface area (Å²) in [6.07, 6.45) is 0.854. The van der Waals surface area contributed by atoms with Crippen molar-refractivity contribution in [2.45, 2.75) is 22.5 Å². The van der Waals surface area contributed by atoms with Crippen molar-refractivity contribution in [3.8, 4) is 0 Å². The van der Waals surface area contributed by atoms with E-state index >= 15 is 0 Å². The van der Waals surface area contributed by atoms with Gasteiger partial charge in [0, 0.05) is 25.8 Å². The quantitative estimate of drug-likeness (QED) is 0.285. The predicted octanol–water partition coefficient (Wildman–Crippen LogP) is 4.64. The number of fused-ring (bicyclic) bond motifs is 1. The van der Waals surface area contributed by atoms with Gasteiger partial charge in [0.05, 0.1) is 11.8 Å². The van der Waals surface area contributed by atoms with Crippen LogP contribution in [0.4, 0.5) is 4.39 Å². The van der Waals surface area contributed by atoms with Crippen molar-refractivity contribution < 1.29 is 23.6 Å². The molecule has 0 N–H and O–H groups in total. The topological polar surface area (TPSA) is 74.8 Å². The van der Waals surface area contributed by atoms with E-state index < -0.39 is 47.7 Å². The first-order chi connectivity index (χ1) is 15.7. The van der Waals surface area contributed by atoms with Crippen molar-refractivity contribution in [3.05, 3.63) is 70.5 Å². The van der Waals surface area contributed by atoms with Crippen LogP contribution in [0.5, 0.6) is 0 Å². The summed E-state index contributed by atoms with van der Waals surface area (Å²) >= 11 is 13.0. The number of hydrogen-bond acceptors (Lipinski definition) is 4. The van der Waals surface area contributed by atoms with Gasteiger partial charge in [0.1, 0.15) is 12.4 Å². The fourth-order valence-corrected chi connectivity index (χ4v) is 5.52. The van der Waals surface area contributed by atoms with Crippen LogP contribution < -0.4 is 0 Å². The van der Waals surface area contributed by atoms with Crippen LogP contribution >= 0.6 is 43.5 Å². The fourth-order valence-electron chi connectivity index (χ4n) is 4.15. The van der Waals surface area contributed by atoms with Gasteiger partial charge in [-0.1, -0.05) is 43.5 Å². The van der Waals surface area contributed by atoms with Gasteiger partial charge in [0.15, 0.2) is 5.78 Å². The molecule has 0 radical (unpaired) electrons. The number of carbonyl (C=O) groups excluding carboxylic acids is 4. The summed E-state index contributed by atoms with van der Waals surface area (Å²) in [7, 11) is 0. The highest BCUT2D eigenvalue weighted by Crippen LogP contribution is 2.43. The monoisotopic (exact) mass is 598 g/mol. The highest BCUT2D eigenvalue weighted by molar-refractivity contribution is 9.12. The van der Waals surface area contributed by atoms with Gasteiger partial charge in [-0.25, -0.2) is 9.40 Å². The number of halogens is 4. The van der Waals surface area contributed by atoms with E-state index in [2.05, 4.69) is 31.9 Å². The molecule has 1 aliphatic heterocycles. The van der Waals surface area contributed by atoms with Crippen LogP contribution in [0.1, 0.15) is 33.6 Å². The number of imide groups is 1. The maximum absolute atomic E-state index is 13.4. The average Bonchev–Trinajstić information content (AvgIpc) is 3.02. The van der Waals surface area contributed by atoms with Crippen molar-refractivity contribution >= 4 is 67.0 Å². The molecule has 2 aromatic rings. The number of hydrogen-bond donors (Lipinski definition) is 0. The number of alkyl halides is 2. The molecular weight excluding hydrogens is 583 g/mol. The Kier molecular flexibility index (Phi) is 7.02. The Bertz CT molecular complexity index is 1080. The number of benzene rings is 2. The van der Waals surface area contributed by atoms with Gasteiger partial charge in [-0.3, -0.25) is 19.2 Å². The molecule has 2 aliphatic rings. The molecule has 4 rings (SSSR count). The van der Waals surface area contributed by atoms with E-state index in [1.165, 1.54) is 36.4 Å². The van der Waals surface area contributed by atoms with Gasteiger partial charge >= 0.3 is 0 Å². The summed E-state index contributed by atoms with van der Waals surface area (Å²) in [4.78, 5) is 52.9. The van der Waals surface area contributed by atoms with E-state index in [-0.39, 0.29) is 20.8 Å². The number of hydrazine groups is 1. The molecule has 10 heteroatoms. The Morgan fingerprint density at radius 1 is 0.909 bits per heavy atom. The third-order valence-electron chi connectivity index (χ3n) is 5.91. The summed E-state index contributed by atoms with van der Waals surface area (Å²) < 4.78 is 13.3. The van der Waals surface area contributed by atoms with Crippen molar-refractivity contribution in [2.24, 2.45) is 11.8 Å². The third-order valence-corrected chi connectivity index (χ3v) is 8.90. The second-order valence-corrected chi connectivity index (χ2v) is 10.8. The van der Waals surface area contributed by atoms with E-state index in [1.807, 2.05) is 0 Å². The van der Waals surface area contributed by atoms with E-state index in [4.69, 9.17) is 11.6 Å². The number of rotatable bonds is 5. The van der Waals surface area contributed by atoms with Crippen LogP contribution in [-0.2, 0) is 9.59 Å². The van der Waals surface area contributed by atoms with Crippen LogP contribution in [-0.4, -0.2) is 49.7 Å². The van der Waals surface area contributed by atoms with Crippen molar-refractivity contribution in [3.63, 3.8) is 0 Å². The molecule has 0 unspecified atom stereocenters. The molecule has 1 saturated heterocycles. The lowest BCUT2D eigenvalue weighted by molar-refractivity contribution is -0.154. The first kappa shape index (κ1) is 24.0. The standard InChI is InChI=1S/C23H18Br2ClFN2O4/c24-18-9-16-17(10-19(18)25)23(33)29(22(16)32)28(21(31)13-1-5-14(26)6-2-13)11-20(30)12-3-7-15(27)8-4-12/h1-8,16-19H,9-11H2/t16-,17-,18-,19+/m1/s1. The minimum Gasteiger partial charge on any atom is -0.292 e. The largest absolute Gasteiger partial charge is 0.292 e. The van der Waals surface area contributed by atoms with Crippen molar-refractivity contribution in [1.29, 1.82) is 0 Å². The van der Waals surface area contributed by atoms with E-state index in [0.29, 0.717) is 17.9 Å². The Morgan fingerprint density at radius 3 is 1.91 bits per heavy atom. The van der Waals surface area contributed by atoms with Gasteiger partial charge < -0.3 is 0 Å². The molecule has 0 spiro atoms. The smallest absolute Gasteiger partial charge is 0.273 e. The Hall–Kier alpha value is -2.10. The maximum Gasteiger partial charge on any atom is 0.273 e. The molecule has 0 bridgehead atoms. The SMILES string of the molecule is O=C(CN(C(=O)c1ccc(Cl)cc1)N1C(=O)[C@@H]2C[C@@H](Br)[C@@H](Br)C[C@H]2C1=O)c1ccc(F)cc1. The molecule has 6 nitrogen and oxygen atoms in total. The third kappa shape index (κ3) is 4.76. The number of amides is 3. The normalized spacial score (nSPS) is 24.5. The predicted molar refractivity (Wildman–Crippen MR) is 127 cm³/mol. The second-order valence-electron chi connectivity index (χ2n) is 8.00. The van der Waals surface area contributed by atoms with Crippen LogP contribution in [0.15, 0.2) is 48.5 Å². The van der Waals surface area contributed by atoms with E-state index in [0.717, 1.165) is 22.2 Å². The molecule has 3 amide bonds. The lowest BCUT2D eigenvalue weighted by Gasteiger charge is -2.30. The van der Waals surface area contributed by atoms with Gasteiger partial charge in [-0.15, -0.1) is 0 Å². The highest BCUT2D eigenvalue weighted by atomic mass is 79.9. The van der Waals surface area contributed by atoms with E-state index in [1.54, 1.807) is 0 Å². The second kappa shape index (κ2) is 9.64. The lowest BCUT2D eigenvalue weighted by atomic mass is 9.81. The van der Waals surface area contributed by atoms with Gasteiger partial charge in [0.25, 0.3) is 17.7 Å². The first-order valence-electron chi connectivity index (χ1n) is 10.2. The molecule has 172 valence electrons. The molecule has 2 fully saturated rings. The summed E-state index contributed by atoms with van der Waals surface area (Å²) in [5.41, 5.74) is 0.321. The van der Waals surface area contributed by atoms with Gasteiger partial charge in [0.2, 0.25) is 0 Å². The highest BCUT2D eigenvalue weighted by Gasteiger charge is 2.54. The Labute approximate surface area is 211 Å². The zero-order chi connectivity index (χ0) is 23.9. The lowest BCUT2D eigenvalue weighted by Crippen LogP contribution is -2.52. The summed E-state index contributed by atoms with van der Waals surface area (Å²) in [5, 5.41) is 2.12. The van der Waals surface area contributed by atoms with Gasteiger partial charge in [-0.05, 0) is 61.4 Å². The number of ketones is 1. The fraction of sp³-hybridized carbons (Fsp3) is 0.304. The average molecular weight is 601 g/mol. The minimum atomic E-state index is -0.687. The molecule has 0 aromatic heterocycles. The number of Topliss-reactive ketones (excluding diaryl/α,β-unsaturated/α-hetero) is 1. The summed E-state index contributed by atoms with van der Waals surface area (Å²) in [6, 6.07) is 10.8. The summed E-state index contributed by atoms with van der Waals surface area (Å²) in [6.45, 7) is -0.556. The molecule has 2 aromatic carbocycles. The minimum absolute atomic E-state index is 0.00304. The van der Waals surface area contributed by atoms with E-state index in [9.17, 15) is 23.6 Å². The van der Waals surface area contributed by atoms with Crippen molar-refractivity contribution in [1.82, 2.24) is 10.0 Å². The maximum atomic E-state index is 13.4. The van der Waals surface area contributed by atoms with Crippen LogP contribution in [0.3, 0.4) is 0 Å². The number of carbonyl (C=O) groups is 4. The van der Waals surface area contributed by atoms with Crippen LogP contribution in [0.2, 0.25) is 5.02 Å². The summed E-state index contributed by atoms with van der Waals surface area (Å²) in [5.74, 6) is -3.93. The molecule has 4 atom stereocenters. The molecule has 33 heavy (non-hydrogen) atoms. The first-order valence-corrected chi connectivity index (χ1v) is 12.4. The zero-order valence-electron chi connectivity index (χ0n) is 17.1. The number of nitrogens with zero attached hydrogens (tertiary/aromatic N) is 2.